The lowest BCUT2D eigenvalue weighted by atomic mass is 9.78. The van der Waals surface area contributed by atoms with E-state index in [1.54, 1.807) is 7.11 Å². The molecule has 4 aromatic carbocycles. The summed E-state index contributed by atoms with van der Waals surface area (Å²) in [6.07, 6.45) is 4.39. The number of anilines is 1. The van der Waals surface area contributed by atoms with Gasteiger partial charge in [-0.3, -0.25) is 0 Å². The molecule has 48 heavy (non-hydrogen) atoms. The summed E-state index contributed by atoms with van der Waals surface area (Å²) in [5.74, 6) is 3.32. The van der Waals surface area contributed by atoms with Crippen molar-refractivity contribution in [1.29, 1.82) is 0 Å². The number of ether oxygens (including phenoxy) is 6. The van der Waals surface area contributed by atoms with Crippen molar-refractivity contribution in [2.24, 2.45) is 0 Å². The molecule has 3 atom stereocenters. The highest BCUT2D eigenvalue weighted by Crippen LogP contribution is 2.35. The Balaban J connectivity index is 0.000000749. The van der Waals surface area contributed by atoms with Gasteiger partial charge in [0.1, 0.15) is 23.0 Å². The number of aryl methyl sites for hydroxylation is 1. The van der Waals surface area contributed by atoms with Gasteiger partial charge in [0.15, 0.2) is 0 Å². The average Bonchev–Trinajstić information content (AvgIpc) is 3.95. The molecule has 3 fully saturated rings. The molecule has 0 aromatic heterocycles. The summed E-state index contributed by atoms with van der Waals surface area (Å²) in [7, 11) is 1.71. The fourth-order valence-corrected chi connectivity index (χ4v) is 5.66. The van der Waals surface area contributed by atoms with E-state index in [9.17, 15) is 0 Å². The van der Waals surface area contributed by atoms with Crippen molar-refractivity contribution in [3.8, 4) is 23.0 Å². The molecular formula is C41H49NO6. The van der Waals surface area contributed by atoms with Crippen LogP contribution in [0.3, 0.4) is 0 Å². The minimum atomic E-state index is -0.175. The Labute approximate surface area is 285 Å². The lowest BCUT2D eigenvalue weighted by molar-refractivity contribution is 0.199. The van der Waals surface area contributed by atoms with E-state index >= 15 is 0 Å². The van der Waals surface area contributed by atoms with Crippen LogP contribution in [0.15, 0.2) is 97.1 Å². The van der Waals surface area contributed by atoms with Gasteiger partial charge >= 0.3 is 0 Å². The fourth-order valence-electron chi connectivity index (χ4n) is 5.66. The molecule has 3 aliphatic heterocycles. The molecule has 0 saturated carbocycles. The highest BCUT2D eigenvalue weighted by atomic mass is 16.6. The Morgan fingerprint density at radius 2 is 1.04 bits per heavy atom. The molecule has 7 heteroatoms. The smallest absolute Gasteiger partial charge is 0.127 e. The van der Waals surface area contributed by atoms with E-state index in [4.69, 9.17) is 28.4 Å². The van der Waals surface area contributed by atoms with Crippen LogP contribution in [0.25, 0.3) is 0 Å². The van der Waals surface area contributed by atoms with Crippen molar-refractivity contribution in [2.75, 3.05) is 51.5 Å². The van der Waals surface area contributed by atoms with E-state index in [1.165, 1.54) is 22.4 Å². The van der Waals surface area contributed by atoms with Crippen LogP contribution in [-0.4, -0.2) is 64.9 Å². The van der Waals surface area contributed by atoms with Gasteiger partial charge in [-0.1, -0.05) is 57.2 Å². The lowest BCUT2D eigenvalue weighted by Gasteiger charge is -2.26. The Bertz CT molecular complexity index is 1530. The first-order valence-electron chi connectivity index (χ1n) is 17.2. The molecule has 3 heterocycles. The van der Waals surface area contributed by atoms with Gasteiger partial charge in [-0.15, -0.1) is 0 Å². The third kappa shape index (κ3) is 10.1. The Morgan fingerprint density at radius 3 is 1.42 bits per heavy atom. The fraction of sp³-hybridized carbons (Fsp3) is 0.415. The summed E-state index contributed by atoms with van der Waals surface area (Å²) in [5, 5.41) is 0. The van der Waals surface area contributed by atoms with Crippen molar-refractivity contribution in [1.82, 2.24) is 0 Å². The number of nitrogens with zero attached hydrogens (tertiary/aromatic N) is 1. The summed E-state index contributed by atoms with van der Waals surface area (Å²) < 4.78 is 33.2. The highest BCUT2D eigenvalue weighted by molar-refractivity contribution is 5.51. The largest absolute Gasteiger partial charge is 0.457 e. The van der Waals surface area contributed by atoms with Crippen LogP contribution in [0, 0.1) is 0 Å². The van der Waals surface area contributed by atoms with Gasteiger partial charge in [0.2, 0.25) is 0 Å². The third-order valence-corrected chi connectivity index (χ3v) is 8.97. The van der Waals surface area contributed by atoms with Gasteiger partial charge in [-0.2, -0.15) is 0 Å². The predicted molar refractivity (Wildman–Crippen MR) is 190 cm³/mol. The van der Waals surface area contributed by atoms with Gasteiger partial charge in [0, 0.05) is 37.9 Å². The maximum absolute atomic E-state index is 6.19. The van der Waals surface area contributed by atoms with E-state index in [2.05, 4.69) is 74.2 Å². The van der Waals surface area contributed by atoms with E-state index in [0.717, 1.165) is 81.8 Å². The summed E-state index contributed by atoms with van der Waals surface area (Å²) >= 11 is 0. The van der Waals surface area contributed by atoms with Crippen LogP contribution in [0.2, 0.25) is 0 Å². The maximum Gasteiger partial charge on any atom is 0.127 e. The Morgan fingerprint density at radius 1 is 0.625 bits per heavy atom. The van der Waals surface area contributed by atoms with E-state index in [0.29, 0.717) is 18.3 Å². The Hall–Kier alpha value is -3.88. The summed E-state index contributed by atoms with van der Waals surface area (Å²) in [5.41, 5.74) is 4.75. The molecule has 4 aromatic rings. The molecule has 0 radical (unpaired) electrons. The zero-order valence-electron chi connectivity index (χ0n) is 28.7. The number of hydrogen-bond acceptors (Lipinski definition) is 7. The minimum absolute atomic E-state index is 0.175. The van der Waals surface area contributed by atoms with Gasteiger partial charge in [0.25, 0.3) is 0 Å². The predicted octanol–water partition coefficient (Wildman–Crippen LogP) is 8.58. The summed E-state index contributed by atoms with van der Waals surface area (Å²) in [6, 6.07) is 33.5. The molecular weight excluding hydrogens is 602 g/mol. The van der Waals surface area contributed by atoms with E-state index < -0.39 is 0 Å². The van der Waals surface area contributed by atoms with Crippen molar-refractivity contribution >= 4 is 5.69 Å². The molecule has 0 amide bonds. The van der Waals surface area contributed by atoms with Crippen molar-refractivity contribution in [2.45, 2.75) is 63.8 Å². The van der Waals surface area contributed by atoms with Crippen molar-refractivity contribution in [3.05, 3.63) is 114 Å². The van der Waals surface area contributed by atoms with Crippen LogP contribution in [0.4, 0.5) is 5.69 Å². The van der Waals surface area contributed by atoms with Crippen molar-refractivity contribution < 1.29 is 28.4 Å². The Kier molecular flexibility index (Phi) is 11.3. The molecule has 7 nitrogen and oxygen atoms in total. The zero-order chi connectivity index (χ0) is 33.3. The maximum atomic E-state index is 6.19. The first-order chi connectivity index (χ1) is 23.4. The van der Waals surface area contributed by atoms with Crippen LogP contribution in [-0.2, 0) is 30.8 Å². The van der Waals surface area contributed by atoms with Crippen LogP contribution in [0.1, 0.15) is 50.3 Å². The molecule has 0 N–H and O–H groups in total. The lowest BCUT2D eigenvalue weighted by Crippen LogP contribution is -2.31. The second-order valence-corrected chi connectivity index (χ2v) is 13.3. The van der Waals surface area contributed by atoms with Gasteiger partial charge < -0.3 is 33.3 Å². The normalized spacial score (nSPS) is 19.1. The van der Waals surface area contributed by atoms with Gasteiger partial charge in [-0.25, -0.2) is 0 Å². The summed E-state index contributed by atoms with van der Waals surface area (Å²) in [4.78, 5) is 2.35. The third-order valence-electron chi connectivity index (χ3n) is 8.97. The molecule has 0 bridgehead atoms. The SMILES string of the molecule is CC(C)(c1ccc(Oc2ccc(CCC3CO3)cc2)cc1)c1ccc(Oc2ccc(N(CC3CO3)CC3CO3)cc2)cc1.CCCOC. The quantitative estimate of drug-likeness (QED) is 0.112. The first-order valence-corrected chi connectivity index (χ1v) is 17.2. The number of methoxy groups -OCH3 is 1. The van der Waals surface area contributed by atoms with Gasteiger partial charge in [0.05, 0.1) is 38.1 Å². The van der Waals surface area contributed by atoms with Crippen LogP contribution in [0.5, 0.6) is 23.0 Å². The second-order valence-electron chi connectivity index (χ2n) is 13.3. The molecule has 254 valence electrons. The topological polar surface area (TPSA) is 68.5 Å². The van der Waals surface area contributed by atoms with Gasteiger partial charge in [-0.05, 0) is 96.6 Å². The molecule has 0 aliphatic carbocycles. The van der Waals surface area contributed by atoms with Crippen LogP contribution < -0.4 is 14.4 Å². The highest BCUT2D eigenvalue weighted by Gasteiger charge is 2.31. The molecule has 0 spiro atoms. The zero-order valence-corrected chi connectivity index (χ0v) is 28.7. The number of epoxide rings is 3. The average molecular weight is 652 g/mol. The molecule has 3 unspecified atom stereocenters. The van der Waals surface area contributed by atoms with Crippen molar-refractivity contribution in [3.63, 3.8) is 0 Å². The number of hydrogen-bond donors (Lipinski definition) is 0. The minimum Gasteiger partial charge on any atom is -0.457 e. The summed E-state index contributed by atoms with van der Waals surface area (Å²) in [6.45, 7) is 11.9. The first kappa shape index (κ1) is 34.0. The van der Waals surface area contributed by atoms with Crippen LogP contribution >= 0.6 is 0 Å². The second kappa shape index (κ2) is 16.0. The molecule has 7 rings (SSSR count). The molecule has 3 aliphatic rings. The number of rotatable bonds is 16. The molecule has 3 saturated heterocycles. The standard InChI is InChI=1S/C37H39NO5.C4H10O/c1-37(2,27-6-15-31(16-7-27)42-30-12-3-26(4-13-30)5-14-34-23-39-34)28-8-17-32(18-9-28)43-33-19-10-29(11-20-33)38(21-35-24-40-35)22-36-25-41-36;1-3-4-5-2/h3-4,6-13,15-20,34-36H,5,14,21-25H2,1-2H3;3-4H2,1-2H3. The van der Waals surface area contributed by atoms with E-state index in [-0.39, 0.29) is 5.41 Å². The monoisotopic (exact) mass is 651 g/mol. The van der Waals surface area contributed by atoms with E-state index in [1.807, 2.05) is 48.5 Å². The number of benzene rings is 4.